The Morgan fingerprint density at radius 3 is 2.45 bits per heavy atom. The smallest absolute Gasteiger partial charge is 0.242 e. The summed E-state index contributed by atoms with van der Waals surface area (Å²) >= 11 is 17.5. The van der Waals surface area contributed by atoms with E-state index in [4.69, 9.17) is 34.8 Å². The van der Waals surface area contributed by atoms with Crippen LogP contribution in [0.25, 0.3) is 0 Å². The molecule has 0 saturated heterocycles. The molecule has 0 atom stereocenters. The average molecular weight is 355 g/mol. The quantitative estimate of drug-likeness (QED) is 0.859. The Bertz CT molecular complexity index is 743. The molecule has 0 amide bonds. The van der Waals surface area contributed by atoms with E-state index in [1.54, 1.807) is 24.0 Å². The Kier molecular flexibility index (Phi) is 4.61. The third kappa shape index (κ3) is 3.27. The third-order valence-corrected chi connectivity index (χ3v) is 5.22. The number of halogens is 3. The van der Waals surface area contributed by atoms with Gasteiger partial charge in [0.2, 0.25) is 10.0 Å². The van der Waals surface area contributed by atoms with E-state index in [0.29, 0.717) is 5.69 Å². The maximum absolute atomic E-state index is 12.2. The summed E-state index contributed by atoms with van der Waals surface area (Å²) in [4.78, 5) is -0.115. The third-order valence-electron chi connectivity index (χ3n) is 2.63. The normalized spacial score (nSPS) is 11.8. The van der Waals surface area contributed by atoms with Crippen LogP contribution < -0.4 is 4.72 Å². The van der Waals surface area contributed by atoms with E-state index < -0.39 is 10.0 Å². The highest BCUT2D eigenvalue weighted by Gasteiger charge is 2.20. The lowest BCUT2D eigenvalue weighted by Crippen LogP contribution is -2.24. The topological polar surface area (TPSA) is 64.0 Å². The van der Waals surface area contributed by atoms with Gasteiger partial charge in [-0.2, -0.15) is 5.10 Å². The maximum atomic E-state index is 12.2. The van der Waals surface area contributed by atoms with Gasteiger partial charge in [-0.25, -0.2) is 13.1 Å². The van der Waals surface area contributed by atoms with Crippen molar-refractivity contribution in [1.82, 2.24) is 14.5 Å². The largest absolute Gasteiger partial charge is 0.271 e. The zero-order valence-electron chi connectivity index (χ0n) is 10.3. The van der Waals surface area contributed by atoms with Crippen molar-refractivity contribution in [3.05, 3.63) is 45.2 Å². The molecule has 0 unspecified atom stereocenters. The van der Waals surface area contributed by atoms with Crippen LogP contribution in [0, 0.1) is 0 Å². The highest BCUT2D eigenvalue weighted by molar-refractivity contribution is 7.89. The molecule has 2 rings (SSSR count). The van der Waals surface area contributed by atoms with Gasteiger partial charge in [-0.3, -0.25) is 4.68 Å². The highest BCUT2D eigenvalue weighted by atomic mass is 35.5. The Labute approximate surface area is 131 Å². The molecule has 0 fully saturated rings. The monoisotopic (exact) mass is 353 g/mol. The van der Waals surface area contributed by atoms with Crippen LogP contribution in [0.3, 0.4) is 0 Å². The lowest BCUT2D eigenvalue weighted by molar-refractivity contribution is 0.577. The van der Waals surface area contributed by atoms with Crippen LogP contribution in [0.2, 0.25) is 15.1 Å². The lowest BCUT2D eigenvalue weighted by Gasteiger charge is -2.09. The van der Waals surface area contributed by atoms with E-state index in [9.17, 15) is 8.42 Å². The molecule has 5 nitrogen and oxygen atoms in total. The summed E-state index contributed by atoms with van der Waals surface area (Å²) in [5.74, 6) is 0. The van der Waals surface area contributed by atoms with E-state index in [-0.39, 0.29) is 26.5 Å². The van der Waals surface area contributed by atoms with Crippen molar-refractivity contribution in [3.8, 4) is 0 Å². The SMILES string of the molecule is Cn1nccc1CNS(=O)(=O)c1cc(Cl)c(Cl)cc1Cl. The number of sulfonamides is 1. The number of rotatable bonds is 4. The maximum Gasteiger partial charge on any atom is 0.242 e. The van der Waals surface area contributed by atoms with E-state index in [0.717, 1.165) is 0 Å². The first-order chi connectivity index (χ1) is 9.31. The molecule has 0 aliphatic rings. The zero-order chi connectivity index (χ0) is 14.9. The summed E-state index contributed by atoms with van der Waals surface area (Å²) in [6, 6.07) is 4.22. The van der Waals surface area contributed by atoms with Crippen molar-refractivity contribution in [2.45, 2.75) is 11.4 Å². The van der Waals surface area contributed by atoms with Gasteiger partial charge in [0.25, 0.3) is 0 Å². The van der Waals surface area contributed by atoms with Gasteiger partial charge in [-0.15, -0.1) is 0 Å². The van der Waals surface area contributed by atoms with Crippen LogP contribution in [-0.4, -0.2) is 18.2 Å². The van der Waals surface area contributed by atoms with Crippen LogP contribution in [0.5, 0.6) is 0 Å². The Hall–Kier alpha value is -0.790. The molecular formula is C11H10Cl3N3O2S. The van der Waals surface area contributed by atoms with E-state index in [2.05, 4.69) is 9.82 Å². The molecular weight excluding hydrogens is 345 g/mol. The van der Waals surface area contributed by atoms with E-state index in [1.165, 1.54) is 12.1 Å². The van der Waals surface area contributed by atoms with E-state index >= 15 is 0 Å². The predicted octanol–water partition coefficient (Wildman–Crippen LogP) is 2.86. The predicted molar refractivity (Wildman–Crippen MR) is 78.7 cm³/mol. The first-order valence-corrected chi connectivity index (χ1v) is 8.04. The molecule has 1 N–H and O–H groups in total. The summed E-state index contributed by atoms with van der Waals surface area (Å²) < 4.78 is 28.4. The van der Waals surface area contributed by atoms with Crippen molar-refractivity contribution in [1.29, 1.82) is 0 Å². The molecule has 1 heterocycles. The standard InChI is InChI=1S/C11H10Cl3N3O2S/c1-17-7(2-3-15-17)6-16-20(18,19)11-5-9(13)8(12)4-10(11)14/h2-5,16H,6H2,1H3. The number of hydrogen-bond donors (Lipinski definition) is 1. The fraction of sp³-hybridized carbons (Fsp3) is 0.182. The minimum atomic E-state index is -3.79. The van der Waals surface area contributed by atoms with Crippen LogP contribution in [0.15, 0.2) is 29.3 Å². The van der Waals surface area contributed by atoms with E-state index in [1.807, 2.05) is 0 Å². The minimum absolute atomic E-state index is 0.0110. The molecule has 2 aromatic rings. The van der Waals surface area contributed by atoms with Crippen LogP contribution in [0.4, 0.5) is 0 Å². The molecule has 9 heteroatoms. The van der Waals surface area contributed by atoms with Gasteiger partial charge in [-0.1, -0.05) is 34.8 Å². The summed E-state index contributed by atoms with van der Waals surface area (Å²) in [7, 11) is -2.07. The zero-order valence-corrected chi connectivity index (χ0v) is 13.4. The van der Waals surface area contributed by atoms with Crippen molar-refractivity contribution < 1.29 is 8.42 Å². The molecule has 0 aliphatic carbocycles. The second kappa shape index (κ2) is 5.91. The van der Waals surface area contributed by atoms with Crippen LogP contribution in [0.1, 0.15) is 5.69 Å². The van der Waals surface area contributed by atoms with Crippen molar-refractivity contribution in [2.75, 3.05) is 0 Å². The van der Waals surface area contributed by atoms with Gasteiger partial charge in [0.05, 0.1) is 27.3 Å². The molecule has 0 radical (unpaired) electrons. The Balaban J connectivity index is 2.27. The molecule has 0 bridgehead atoms. The fourth-order valence-electron chi connectivity index (χ4n) is 1.53. The minimum Gasteiger partial charge on any atom is -0.271 e. The summed E-state index contributed by atoms with van der Waals surface area (Å²) in [6.07, 6.45) is 1.58. The number of benzene rings is 1. The molecule has 0 spiro atoms. The molecule has 1 aromatic carbocycles. The van der Waals surface area contributed by atoms with Crippen molar-refractivity contribution in [3.63, 3.8) is 0 Å². The number of hydrogen-bond acceptors (Lipinski definition) is 3. The summed E-state index contributed by atoms with van der Waals surface area (Å²) in [5.41, 5.74) is 0.713. The van der Waals surface area contributed by atoms with Gasteiger partial charge in [0, 0.05) is 13.2 Å². The van der Waals surface area contributed by atoms with Crippen molar-refractivity contribution in [2.24, 2.45) is 7.05 Å². The second-order valence-electron chi connectivity index (χ2n) is 3.97. The lowest BCUT2D eigenvalue weighted by atomic mass is 10.4. The molecule has 0 aliphatic heterocycles. The van der Waals surface area contributed by atoms with Gasteiger partial charge >= 0.3 is 0 Å². The number of nitrogens with zero attached hydrogens (tertiary/aromatic N) is 2. The van der Waals surface area contributed by atoms with Crippen LogP contribution in [-0.2, 0) is 23.6 Å². The molecule has 108 valence electrons. The second-order valence-corrected chi connectivity index (χ2v) is 6.92. The van der Waals surface area contributed by atoms with Gasteiger partial charge in [0.1, 0.15) is 4.90 Å². The molecule has 0 saturated carbocycles. The first-order valence-electron chi connectivity index (χ1n) is 5.42. The molecule has 1 aromatic heterocycles. The number of nitrogens with one attached hydrogen (secondary N) is 1. The summed E-state index contributed by atoms with van der Waals surface area (Å²) in [6.45, 7) is 0.0927. The Morgan fingerprint density at radius 2 is 1.85 bits per heavy atom. The Morgan fingerprint density at radius 1 is 1.20 bits per heavy atom. The number of aryl methyl sites for hydroxylation is 1. The van der Waals surface area contributed by atoms with Crippen LogP contribution >= 0.6 is 34.8 Å². The molecule has 20 heavy (non-hydrogen) atoms. The number of aromatic nitrogens is 2. The first kappa shape index (κ1) is 15.6. The average Bonchev–Trinajstić information content (AvgIpc) is 2.77. The summed E-state index contributed by atoms with van der Waals surface area (Å²) in [5, 5.41) is 4.28. The van der Waals surface area contributed by atoms with Gasteiger partial charge < -0.3 is 0 Å². The van der Waals surface area contributed by atoms with Gasteiger partial charge in [0.15, 0.2) is 0 Å². The van der Waals surface area contributed by atoms with Crippen molar-refractivity contribution >= 4 is 44.8 Å². The fourth-order valence-corrected chi connectivity index (χ4v) is 3.53. The van der Waals surface area contributed by atoms with Gasteiger partial charge in [-0.05, 0) is 18.2 Å². The highest BCUT2D eigenvalue weighted by Crippen LogP contribution is 2.31.